The number of amides is 1. The second kappa shape index (κ2) is 10.1. The van der Waals surface area contributed by atoms with E-state index in [4.69, 9.17) is 14.2 Å². The zero-order chi connectivity index (χ0) is 19.6. The number of rotatable bonds is 9. The zero-order valence-electron chi connectivity index (χ0n) is 15.8. The quantitative estimate of drug-likeness (QED) is 0.524. The van der Waals surface area contributed by atoms with Crippen LogP contribution in [-0.2, 0) is 4.74 Å². The highest BCUT2D eigenvalue weighted by Crippen LogP contribution is 2.23. The van der Waals surface area contributed by atoms with E-state index in [1.165, 1.54) is 0 Å². The van der Waals surface area contributed by atoms with Crippen LogP contribution >= 0.6 is 0 Å². The topological polar surface area (TPSA) is 56.8 Å². The largest absolute Gasteiger partial charge is 0.491 e. The average Bonchev–Trinajstić information content (AvgIpc) is 2.74. The highest BCUT2D eigenvalue weighted by atomic mass is 16.5. The van der Waals surface area contributed by atoms with Gasteiger partial charge in [-0.3, -0.25) is 4.79 Å². The third-order valence-corrected chi connectivity index (χ3v) is 3.89. The molecular formula is C23H23NO4. The third-order valence-electron chi connectivity index (χ3n) is 3.89. The van der Waals surface area contributed by atoms with Gasteiger partial charge in [0.15, 0.2) is 0 Å². The van der Waals surface area contributed by atoms with E-state index >= 15 is 0 Å². The standard InChI is InChI=1S/C23H23NO4/c1-2-26-15-16-27-22-10-6-7-18(17-22)23(25)24-19-11-13-21(14-12-19)28-20-8-4-3-5-9-20/h3-14,17H,2,15-16H2,1H3,(H,24,25). The fraction of sp³-hybridized carbons (Fsp3) is 0.174. The van der Waals surface area contributed by atoms with E-state index in [0.717, 1.165) is 5.75 Å². The molecule has 0 aliphatic heterocycles. The smallest absolute Gasteiger partial charge is 0.255 e. The molecule has 0 atom stereocenters. The van der Waals surface area contributed by atoms with Crippen molar-refractivity contribution in [2.75, 3.05) is 25.1 Å². The Morgan fingerprint density at radius 3 is 2.29 bits per heavy atom. The van der Waals surface area contributed by atoms with Crippen LogP contribution in [0.1, 0.15) is 17.3 Å². The van der Waals surface area contributed by atoms with Gasteiger partial charge in [-0.15, -0.1) is 0 Å². The molecule has 0 bridgehead atoms. The first-order valence-electron chi connectivity index (χ1n) is 9.19. The van der Waals surface area contributed by atoms with Gasteiger partial charge in [0.2, 0.25) is 0 Å². The van der Waals surface area contributed by atoms with Crippen molar-refractivity contribution in [2.24, 2.45) is 0 Å². The average molecular weight is 377 g/mol. The highest BCUT2D eigenvalue weighted by molar-refractivity contribution is 6.04. The third kappa shape index (κ3) is 5.86. The summed E-state index contributed by atoms with van der Waals surface area (Å²) in [6, 6.07) is 23.9. The Kier molecular flexibility index (Phi) is 7.04. The van der Waals surface area contributed by atoms with Crippen molar-refractivity contribution in [1.82, 2.24) is 0 Å². The minimum absolute atomic E-state index is 0.202. The van der Waals surface area contributed by atoms with Gasteiger partial charge in [0.1, 0.15) is 23.9 Å². The summed E-state index contributed by atoms with van der Waals surface area (Å²) < 4.78 is 16.6. The molecule has 1 amide bonds. The van der Waals surface area contributed by atoms with Crippen molar-refractivity contribution in [3.8, 4) is 17.2 Å². The molecule has 0 fully saturated rings. The molecule has 28 heavy (non-hydrogen) atoms. The van der Waals surface area contributed by atoms with Crippen LogP contribution in [0.3, 0.4) is 0 Å². The number of carbonyl (C=O) groups is 1. The predicted molar refractivity (Wildman–Crippen MR) is 109 cm³/mol. The van der Waals surface area contributed by atoms with E-state index in [9.17, 15) is 4.79 Å². The molecule has 3 aromatic rings. The number of ether oxygens (including phenoxy) is 3. The zero-order valence-corrected chi connectivity index (χ0v) is 15.8. The Bertz CT molecular complexity index is 879. The van der Waals surface area contributed by atoms with E-state index in [-0.39, 0.29) is 5.91 Å². The number of carbonyl (C=O) groups excluding carboxylic acids is 1. The molecule has 0 aliphatic carbocycles. The Balaban J connectivity index is 1.57. The van der Waals surface area contributed by atoms with E-state index in [2.05, 4.69) is 5.32 Å². The molecule has 0 heterocycles. The van der Waals surface area contributed by atoms with Crippen molar-refractivity contribution in [2.45, 2.75) is 6.92 Å². The summed E-state index contributed by atoms with van der Waals surface area (Å²) in [4.78, 5) is 12.5. The summed E-state index contributed by atoms with van der Waals surface area (Å²) in [6.45, 7) is 3.55. The van der Waals surface area contributed by atoms with Gasteiger partial charge in [-0.1, -0.05) is 24.3 Å². The van der Waals surface area contributed by atoms with E-state index < -0.39 is 0 Å². The molecular weight excluding hydrogens is 354 g/mol. The molecule has 1 N–H and O–H groups in total. The summed E-state index contributed by atoms with van der Waals surface area (Å²) in [5, 5.41) is 2.88. The van der Waals surface area contributed by atoms with Gasteiger partial charge in [0, 0.05) is 17.9 Å². The van der Waals surface area contributed by atoms with Gasteiger partial charge >= 0.3 is 0 Å². The van der Waals surface area contributed by atoms with E-state index in [0.29, 0.717) is 42.6 Å². The van der Waals surface area contributed by atoms with Gasteiger partial charge in [-0.05, 0) is 61.5 Å². The lowest BCUT2D eigenvalue weighted by atomic mass is 10.2. The summed E-state index contributed by atoms with van der Waals surface area (Å²) >= 11 is 0. The Morgan fingerprint density at radius 2 is 1.54 bits per heavy atom. The molecule has 0 aromatic heterocycles. The molecule has 5 heteroatoms. The van der Waals surface area contributed by atoms with Gasteiger partial charge in [-0.2, -0.15) is 0 Å². The minimum Gasteiger partial charge on any atom is -0.491 e. The van der Waals surface area contributed by atoms with Gasteiger partial charge in [0.05, 0.1) is 6.61 Å². The van der Waals surface area contributed by atoms with Crippen LogP contribution in [0.15, 0.2) is 78.9 Å². The molecule has 0 unspecified atom stereocenters. The highest BCUT2D eigenvalue weighted by Gasteiger charge is 2.08. The fourth-order valence-corrected chi connectivity index (χ4v) is 2.52. The molecule has 0 radical (unpaired) electrons. The van der Waals surface area contributed by atoms with Crippen LogP contribution in [0.5, 0.6) is 17.2 Å². The molecule has 3 rings (SSSR count). The van der Waals surface area contributed by atoms with Crippen LogP contribution in [0.2, 0.25) is 0 Å². The number of anilines is 1. The van der Waals surface area contributed by atoms with Crippen LogP contribution < -0.4 is 14.8 Å². The lowest BCUT2D eigenvalue weighted by Gasteiger charge is -2.10. The van der Waals surface area contributed by atoms with Crippen molar-refractivity contribution < 1.29 is 19.0 Å². The molecule has 0 saturated carbocycles. The van der Waals surface area contributed by atoms with Crippen molar-refractivity contribution >= 4 is 11.6 Å². The maximum absolute atomic E-state index is 12.5. The SMILES string of the molecule is CCOCCOc1cccc(C(=O)Nc2ccc(Oc3ccccc3)cc2)c1. The fourth-order valence-electron chi connectivity index (χ4n) is 2.52. The Labute approximate surface area is 164 Å². The molecule has 0 aliphatic rings. The monoisotopic (exact) mass is 377 g/mol. The van der Waals surface area contributed by atoms with Crippen LogP contribution in [-0.4, -0.2) is 25.7 Å². The first kappa shape index (κ1) is 19.5. The first-order chi connectivity index (χ1) is 13.7. The van der Waals surface area contributed by atoms with Crippen LogP contribution in [0.25, 0.3) is 0 Å². The molecule has 144 valence electrons. The molecule has 0 saturated heterocycles. The van der Waals surface area contributed by atoms with E-state index in [1.807, 2.05) is 55.5 Å². The lowest BCUT2D eigenvalue weighted by Crippen LogP contribution is -2.12. The summed E-state index contributed by atoms with van der Waals surface area (Å²) in [7, 11) is 0. The van der Waals surface area contributed by atoms with Crippen molar-refractivity contribution in [3.63, 3.8) is 0 Å². The normalized spacial score (nSPS) is 10.3. The maximum atomic E-state index is 12.5. The first-order valence-corrected chi connectivity index (χ1v) is 9.19. The molecule has 0 spiro atoms. The van der Waals surface area contributed by atoms with Crippen LogP contribution in [0, 0.1) is 0 Å². The summed E-state index contributed by atoms with van der Waals surface area (Å²) in [5.41, 5.74) is 1.21. The Morgan fingerprint density at radius 1 is 0.821 bits per heavy atom. The van der Waals surface area contributed by atoms with Gasteiger partial charge < -0.3 is 19.5 Å². The number of nitrogens with one attached hydrogen (secondary N) is 1. The summed E-state index contributed by atoms with van der Waals surface area (Å²) in [5.74, 6) is 1.90. The predicted octanol–water partition coefficient (Wildman–Crippen LogP) is 5.15. The van der Waals surface area contributed by atoms with Gasteiger partial charge in [-0.25, -0.2) is 0 Å². The van der Waals surface area contributed by atoms with Crippen LogP contribution in [0.4, 0.5) is 5.69 Å². The number of benzene rings is 3. The molecule has 3 aromatic carbocycles. The second-order valence-electron chi connectivity index (χ2n) is 5.97. The minimum atomic E-state index is -0.202. The second-order valence-corrected chi connectivity index (χ2v) is 5.97. The van der Waals surface area contributed by atoms with Gasteiger partial charge in [0.25, 0.3) is 5.91 Å². The van der Waals surface area contributed by atoms with Crippen molar-refractivity contribution in [3.05, 3.63) is 84.4 Å². The molecule has 5 nitrogen and oxygen atoms in total. The van der Waals surface area contributed by atoms with Crippen molar-refractivity contribution in [1.29, 1.82) is 0 Å². The Hall–Kier alpha value is -3.31. The maximum Gasteiger partial charge on any atom is 0.255 e. The number of hydrogen-bond donors (Lipinski definition) is 1. The summed E-state index contributed by atoms with van der Waals surface area (Å²) in [6.07, 6.45) is 0. The number of hydrogen-bond acceptors (Lipinski definition) is 4. The van der Waals surface area contributed by atoms with E-state index in [1.54, 1.807) is 30.3 Å². The number of para-hydroxylation sites is 1. The lowest BCUT2D eigenvalue weighted by molar-refractivity contribution is 0.102.